The zero-order valence-corrected chi connectivity index (χ0v) is 17.8. The lowest BCUT2D eigenvalue weighted by Crippen LogP contribution is -2.74. The van der Waals surface area contributed by atoms with E-state index in [1.807, 2.05) is 0 Å². The van der Waals surface area contributed by atoms with Crippen LogP contribution in [0.25, 0.3) is 0 Å². The van der Waals surface area contributed by atoms with Crippen LogP contribution in [-0.2, 0) is 17.5 Å². The van der Waals surface area contributed by atoms with Gasteiger partial charge < -0.3 is 8.91 Å². The van der Waals surface area contributed by atoms with Crippen LogP contribution in [0.4, 0.5) is 0 Å². The van der Waals surface area contributed by atoms with Crippen LogP contribution in [0.2, 0.25) is 19.6 Å². The molecule has 0 bridgehead atoms. The van der Waals surface area contributed by atoms with E-state index in [0.29, 0.717) is 12.1 Å². The summed E-state index contributed by atoms with van der Waals surface area (Å²) in [6.07, 6.45) is 2.89. The molecule has 0 aliphatic carbocycles. The van der Waals surface area contributed by atoms with Gasteiger partial charge in [-0.3, -0.25) is 0 Å². The molecule has 140 valence electrons. The predicted octanol–water partition coefficient (Wildman–Crippen LogP) is 5.61. The van der Waals surface area contributed by atoms with Crippen LogP contribution in [0.3, 0.4) is 0 Å². The third-order valence-corrected chi connectivity index (χ3v) is 6.46. The molecule has 0 radical (unpaired) electrons. The van der Waals surface area contributed by atoms with Crippen molar-refractivity contribution in [2.45, 2.75) is 64.6 Å². The number of hydrogen-bond donors (Lipinski definition) is 0. The summed E-state index contributed by atoms with van der Waals surface area (Å²) in [5, 5.41) is 0. The molecule has 0 saturated carbocycles. The van der Waals surface area contributed by atoms with Crippen LogP contribution >= 0.6 is 0 Å². The minimum absolute atomic E-state index is 0.425. The molecule has 1 aliphatic rings. The first-order valence-corrected chi connectivity index (χ1v) is 13.4. The van der Waals surface area contributed by atoms with Gasteiger partial charge in [-0.15, -0.1) is 0 Å². The fourth-order valence-corrected chi connectivity index (χ4v) is 5.61. The molecule has 1 saturated heterocycles. The van der Waals surface area contributed by atoms with Crippen molar-refractivity contribution >= 4 is 8.32 Å². The Hall–Kier alpha value is -1.42. The number of nitrogens with zero attached hydrogens (tertiary/aromatic N) is 1. The van der Waals surface area contributed by atoms with E-state index in [9.17, 15) is 0 Å². The number of benzene rings is 2. The first-order chi connectivity index (χ1) is 12.4. The highest BCUT2D eigenvalue weighted by molar-refractivity contribution is 6.69. The largest absolute Gasteiger partial charge is 0.404 e. The van der Waals surface area contributed by atoms with Crippen molar-refractivity contribution in [2.24, 2.45) is 0 Å². The molecule has 0 N–H and O–H groups in total. The van der Waals surface area contributed by atoms with Gasteiger partial charge in [0.25, 0.3) is 0 Å². The van der Waals surface area contributed by atoms with Crippen molar-refractivity contribution in [3.05, 3.63) is 71.8 Å². The summed E-state index contributed by atoms with van der Waals surface area (Å²) in [5.41, 5.74) is 2.88. The lowest BCUT2D eigenvalue weighted by Gasteiger charge is -2.58. The van der Waals surface area contributed by atoms with Gasteiger partial charge in [0.05, 0.1) is 0 Å². The Morgan fingerprint density at radius 1 is 0.885 bits per heavy atom. The number of quaternary nitrogens is 1. The van der Waals surface area contributed by atoms with E-state index < -0.39 is 8.32 Å². The van der Waals surface area contributed by atoms with Crippen molar-refractivity contribution in [1.29, 1.82) is 0 Å². The summed E-state index contributed by atoms with van der Waals surface area (Å²) in [6, 6.07) is 22.6. The third kappa shape index (κ3) is 4.64. The Morgan fingerprint density at radius 3 is 1.81 bits per heavy atom. The highest BCUT2D eigenvalue weighted by Crippen LogP contribution is 2.39. The fraction of sp³-hybridized carbons (Fsp3) is 0.478. The van der Waals surface area contributed by atoms with Crippen molar-refractivity contribution in [1.82, 2.24) is 0 Å². The number of likely N-dealkylation sites (tertiary alicyclic amines) is 1. The van der Waals surface area contributed by atoms with E-state index in [1.54, 1.807) is 0 Å². The van der Waals surface area contributed by atoms with Crippen molar-refractivity contribution < 1.29 is 8.91 Å². The van der Waals surface area contributed by atoms with E-state index in [4.69, 9.17) is 4.43 Å². The van der Waals surface area contributed by atoms with Gasteiger partial charge in [0.15, 0.2) is 8.32 Å². The molecule has 1 fully saturated rings. The molecular weight excluding hydrogens is 334 g/mol. The molecule has 2 nitrogen and oxygen atoms in total. The zero-order chi connectivity index (χ0) is 18.6. The third-order valence-electron chi connectivity index (χ3n) is 5.45. The average Bonchev–Trinajstić information content (AvgIpc) is 2.60. The summed E-state index contributed by atoms with van der Waals surface area (Å²) in [7, 11) is -1.52. The Kier molecular flexibility index (Phi) is 6.01. The van der Waals surface area contributed by atoms with Gasteiger partial charge in [-0.25, -0.2) is 0 Å². The molecule has 2 aromatic carbocycles. The van der Waals surface area contributed by atoms with Crippen LogP contribution < -0.4 is 0 Å². The maximum absolute atomic E-state index is 6.59. The van der Waals surface area contributed by atoms with Crippen molar-refractivity contribution in [3.8, 4) is 0 Å². The van der Waals surface area contributed by atoms with Gasteiger partial charge in [0.2, 0.25) is 0 Å². The Labute approximate surface area is 160 Å². The Morgan fingerprint density at radius 2 is 1.38 bits per heavy atom. The molecule has 0 unspecified atom stereocenters. The molecule has 1 heterocycles. The van der Waals surface area contributed by atoms with Crippen molar-refractivity contribution in [2.75, 3.05) is 6.54 Å². The smallest absolute Gasteiger partial charge is 0.184 e. The van der Waals surface area contributed by atoms with Gasteiger partial charge >= 0.3 is 0 Å². The van der Waals surface area contributed by atoms with Crippen LogP contribution in [0, 0.1) is 0 Å². The van der Waals surface area contributed by atoms with Crippen LogP contribution in [0.5, 0.6) is 0 Å². The van der Waals surface area contributed by atoms with E-state index in [1.165, 1.54) is 24.0 Å². The average molecular weight is 369 g/mol. The highest BCUT2D eigenvalue weighted by atomic mass is 28.4. The first kappa shape index (κ1) is 19.3. The summed E-state index contributed by atoms with van der Waals surface area (Å²) >= 11 is 0. The summed E-state index contributed by atoms with van der Waals surface area (Å²) < 4.78 is 7.73. The lowest BCUT2D eigenvalue weighted by molar-refractivity contribution is -1.02. The fourth-order valence-electron chi connectivity index (χ4n) is 4.47. The quantitative estimate of drug-likeness (QED) is 0.435. The first-order valence-electron chi connectivity index (χ1n) is 10.0. The topological polar surface area (TPSA) is 9.23 Å². The maximum atomic E-state index is 6.59. The Bertz CT molecular complexity index is 639. The summed E-state index contributed by atoms with van der Waals surface area (Å²) in [5.74, 6) is 0. The number of rotatable bonds is 8. The molecular formula is C23H34NOSi+. The van der Waals surface area contributed by atoms with Gasteiger partial charge in [-0.05, 0) is 19.6 Å². The summed E-state index contributed by atoms with van der Waals surface area (Å²) in [4.78, 5) is 0. The molecule has 2 atom stereocenters. The second kappa shape index (κ2) is 8.08. The van der Waals surface area contributed by atoms with E-state index >= 15 is 0 Å². The maximum Gasteiger partial charge on any atom is 0.184 e. The van der Waals surface area contributed by atoms with Gasteiger partial charge in [0, 0.05) is 17.5 Å². The molecule has 0 spiro atoms. The molecule has 0 amide bonds. The van der Waals surface area contributed by atoms with Crippen LogP contribution in [-0.4, -0.2) is 31.5 Å². The molecule has 0 aromatic heterocycles. The molecule has 3 rings (SSSR count). The SMILES string of the molecule is CCC[C@H]1[C@@H](O[Si](C)(C)C)C[N+]1(Cc1ccccc1)Cc1ccccc1. The van der Waals surface area contributed by atoms with Crippen LogP contribution in [0.15, 0.2) is 60.7 Å². The zero-order valence-electron chi connectivity index (χ0n) is 16.8. The normalized spacial score (nSPS) is 22.0. The predicted molar refractivity (Wildman–Crippen MR) is 112 cm³/mol. The highest BCUT2D eigenvalue weighted by Gasteiger charge is 2.55. The number of hydrogen-bond acceptors (Lipinski definition) is 1. The second-order valence-electron chi connectivity index (χ2n) is 8.81. The van der Waals surface area contributed by atoms with E-state index in [2.05, 4.69) is 87.2 Å². The van der Waals surface area contributed by atoms with E-state index in [-0.39, 0.29) is 0 Å². The van der Waals surface area contributed by atoms with E-state index in [0.717, 1.165) is 24.1 Å². The molecule has 26 heavy (non-hydrogen) atoms. The minimum atomic E-state index is -1.52. The second-order valence-corrected chi connectivity index (χ2v) is 13.3. The standard InChI is InChI=1S/C23H34NOSi/c1-5-12-22-23(25-26(2,3)4)19-24(22,17-20-13-8-6-9-14-20)18-21-15-10-7-11-16-21/h6-11,13-16,22-23H,5,12,17-19H2,1-4H3/q+1/t22-,23-/m0/s1. The monoisotopic (exact) mass is 368 g/mol. The van der Waals surface area contributed by atoms with Gasteiger partial charge in [-0.1, -0.05) is 74.0 Å². The summed E-state index contributed by atoms with van der Waals surface area (Å²) in [6.45, 7) is 12.6. The molecule has 2 aromatic rings. The lowest BCUT2D eigenvalue weighted by atomic mass is 9.88. The Balaban J connectivity index is 1.87. The van der Waals surface area contributed by atoms with Gasteiger partial charge in [0.1, 0.15) is 31.8 Å². The van der Waals surface area contributed by atoms with Gasteiger partial charge in [-0.2, -0.15) is 0 Å². The van der Waals surface area contributed by atoms with Crippen molar-refractivity contribution in [3.63, 3.8) is 0 Å². The molecule has 3 heteroatoms. The molecule has 1 aliphatic heterocycles. The minimum Gasteiger partial charge on any atom is -0.404 e. The van der Waals surface area contributed by atoms with Crippen LogP contribution in [0.1, 0.15) is 30.9 Å².